The van der Waals surface area contributed by atoms with Gasteiger partial charge in [-0.25, -0.2) is 0 Å². The van der Waals surface area contributed by atoms with Crippen molar-refractivity contribution in [1.29, 1.82) is 0 Å². The van der Waals surface area contributed by atoms with Crippen LogP contribution in [0.25, 0.3) is 11.1 Å². The number of carbonyl (C=O) groups excluding carboxylic acids is 1. The molecular formula is C28H29NO. The second-order valence-electron chi connectivity index (χ2n) is 10.1. The lowest BCUT2D eigenvalue weighted by atomic mass is 9.72. The topological polar surface area (TPSA) is 29.4 Å². The van der Waals surface area contributed by atoms with Gasteiger partial charge in [0.25, 0.3) is 0 Å². The normalized spacial score (nSPS) is 16.0. The minimum Gasteiger partial charge on any atom is -0.289 e. The SMILES string of the molecule is CC(C)(C)C1=CC(=CN=C2c3ccccc3-c3ccccc32)C=C(C(C)(C)C)C1=O. The molecule has 0 heterocycles. The fourth-order valence-electron chi connectivity index (χ4n) is 4.11. The van der Waals surface area contributed by atoms with Gasteiger partial charge < -0.3 is 0 Å². The molecule has 0 aliphatic heterocycles. The van der Waals surface area contributed by atoms with Gasteiger partial charge in [-0.3, -0.25) is 9.79 Å². The molecule has 0 aromatic heterocycles. The molecule has 4 rings (SSSR count). The van der Waals surface area contributed by atoms with Crippen LogP contribution >= 0.6 is 0 Å². The summed E-state index contributed by atoms with van der Waals surface area (Å²) in [6.45, 7) is 12.6. The van der Waals surface area contributed by atoms with Crippen LogP contribution in [-0.2, 0) is 4.79 Å². The third kappa shape index (κ3) is 3.52. The van der Waals surface area contributed by atoms with Crippen LogP contribution < -0.4 is 0 Å². The van der Waals surface area contributed by atoms with E-state index in [9.17, 15) is 4.79 Å². The zero-order valence-electron chi connectivity index (χ0n) is 18.7. The van der Waals surface area contributed by atoms with E-state index in [0.717, 1.165) is 33.6 Å². The maximum absolute atomic E-state index is 13.2. The molecule has 0 saturated heterocycles. The molecule has 0 bridgehead atoms. The molecule has 0 atom stereocenters. The Hall–Kier alpha value is -3.00. The number of allylic oxidation sites excluding steroid dienone is 5. The Balaban J connectivity index is 1.87. The van der Waals surface area contributed by atoms with Crippen LogP contribution in [0.2, 0.25) is 0 Å². The number of nitrogens with zero attached hydrogens (tertiary/aromatic N) is 1. The van der Waals surface area contributed by atoms with Crippen molar-refractivity contribution < 1.29 is 4.79 Å². The highest BCUT2D eigenvalue weighted by Gasteiger charge is 2.34. The summed E-state index contributed by atoms with van der Waals surface area (Å²) in [5.41, 5.74) is 7.95. The Kier molecular flexibility index (Phi) is 4.77. The number of Topliss-reactive ketones (excluding diaryl/α,β-unsaturated/α-hetero) is 1. The third-order valence-corrected chi connectivity index (χ3v) is 5.72. The van der Waals surface area contributed by atoms with Crippen molar-refractivity contribution >= 4 is 11.5 Å². The van der Waals surface area contributed by atoms with E-state index in [2.05, 4.69) is 90.1 Å². The molecule has 152 valence electrons. The fourth-order valence-corrected chi connectivity index (χ4v) is 4.11. The summed E-state index contributed by atoms with van der Waals surface area (Å²) in [4.78, 5) is 18.1. The van der Waals surface area contributed by atoms with Gasteiger partial charge in [-0.05, 0) is 39.7 Å². The molecule has 0 radical (unpaired) electrons. The number of hydrogen-bond acceptors (Lipinski definition) is 2. The van der Waals surface area contributed by atoms with Crippen molar-refractivity contribution in [2.45, 2.75) is 41.5 Å². The molecule has 30 heavy (non-hydrogen) atoms. The quantitative estimate of drug-likeness (QED) is 0.440. The number of ketones is 1. The summed E-state index contributed by atoms with van der Waals surface area (Å²) in [5.74, 6) is 0.149. The van der Waals surface area contributed by atoms with Crippen molar-refractivity contribution in [2.75, 3.05) is 0 Å². The Morgan fingerprint density at radius 3 is 1.47 bits per heavy atom. The Labute approximate surface area is 179 Å². The van der Waals surface area contributed by atoms with Gasteiger partial charge >= 0.3 is 0 Å². The second kappa shape index (κ2) is 7.05. The standard InChI is InChI=1S/C28H29NO/c1-27(2,3)23-15-18(16-24(26(23)30)28(4,5)6)17-29-25-21-13-9-7-11-19(21)20-12-8-10-14-22(20)25/h7-17H,1-6H3. The molecule has 0 spiro atoms. The average molecular weight is 396 g/mol. The first-order valence-corrected chi connectivity index (χ1v) is 10.5. The fraction of sp³-hybridized carbons (Fsp3) is 0.286. The van der Waals surface area contributed by atoms with E-state index in [-0.39, 0.29) is 16.6 Å². The van der Waals surface area contributed by atoms with Crippen LogP contribution in [0.3, 0.4) is 0 Å². The van der Waals surface area contributed by atoms with Gasteiger partial charge in [0.05, 0.1) is 5.71 Å². The Morgan fingerprint density at radius 1 is 0.667 bits per heavy atom. The van der Waals surface area contributed by atoms with E-state index in [4.69, 9.17) is 4.99 Å². The minimum atomic E-state index is -0.222. The molecule has 2 nitrogen and oxygen atoms in total. The summed E-state index contributed by atoms with van der Waals surface area (Å²) in [6.07, 6.45) is 5.93. The van der Waals surface area contributed by atoms with E-state index in [1.165, 1.54) is 11.1 Å². The van der Waals surface area contributed by atoms with Crippen LogP contribution in [0.5, 0.6) is 0 Å². The maximum atomic E-state index is 13.2. The van der Waals surface area contributed by atoms with Crippen LogP contribution in [0.4, 0.5) is 0 Å². The molecule has 2 aromatic rings. The van der Waals surface area contributed by atoms with Gasteiger partial charge in [-0.1, -0.05) is 90.1 Å². The van der Waals surface area contributed by atoms with Crippen molar-refractivity contribution in [2.24, 2.45) is 15.8 Å². The largest absolute Gasteiger partial charge is 0.289 e. The monoisotopic (exact) mass is 395 g/mol. The molecule has 0 fully saturated rings. The first kappa shape index (κ1) is 20.3. The molecule has 2 aliphatic carbocycles. The third-order valence-electron chi connectivity index (χ3n) is 5.72. The molecule has 0 unspecified atom stereocenters. The summed E-state index contributed by atoms with van der Waals surface area (Å²) in [6, 6.07) is 16.8. The van der Waals surface area contributed by atoms with Gasteiger partial charge in [0.15, 0.2) is 5.78 Å². The lowest BCUT2D eigenvalue weighted by molar-refractivity contribution is -0.114. The number of benzene rings is 2. The summed E-state index contributed by atoms with van der Waals surface area (Å²) >= 11 is 0. The van der Waals surface area contributed by atoms with Gasteiger partial charge in [-0.2, -0.15) is 0 Å². The Morgan fingerprint density at radius 2 is 1.07 bits per heavy atom. The summed E-state index contributed by atoms with van der Waals surface area (Å²) < 4.78 is 0. The number of carbonyl (C=O) groups is 1. The Bertz CT molecular complexity index is 1070. The predicted molar refractivity (Wildman–Crippen MR) is 126 cm³/mol. The van der Waals surface area contributed by atoms with Gasteiger partial charge in [0, 0.05) is 28.5 Å². The van der Waals surface area contributed by atoms with Gasteiger partial charge in [0.1, 0.15) is 0 Å². The van der Waals surface area contributed by atoms with Gasteiger partial charge in [0.2, 0.25) is 0 Å². The number of aliphatic imine (C=N–C) groups is 1. The van der Waals surface area contributed by atoms with Crippen molar-refractivity contribution in [1.82, 2.24) is 0 Å². The summed E-state index contributed by atoms with van der Waals surface area (Å²) in [7, 11) is 0. The molecule has 2 aliphatic rings. The predicted octanol–water partition coefficient (Wildman–Crippen LogP) is 6.92. The second-order valence-corrected chi connectivity index (χ2v) is 10.1. The molecule has 2 heteroatoms. The van der Waals surface area contributed by atoms with Crippen LogP contribution in [0.1, 0.15) is 52.7 Å². The summed E-state index contributed by atoms with van der Waals surface area (Å²) in [5, 5.41) is 0. The maximum Gasteiger partial charge on any atom is 0.186 e. The zero-order valence-corrected chi connectivity index (χ0v) is 18.7. The van der Waals surface area contributed by atoms with Crippen LogP contribution in [0.15, 0.2) is 88.6 Å². The van der Waals surface area contributed by atoms with E-state index >= 15 is 0 Å². The van der Waals surface area contributed by atoms with Crippen molar-refractivity contribution in [3.8, 4) is 11.1 Å². The van der Waals surface area contributed by atoms with E-state index < -0.39 is 0 Å². The lowest BCUT2D eigenvalue weighted by Crippen LogP contribution is -2.27. The first-order valence-electron chi connectivity index (χ1n) is 10.5. The van der Waals surface area contributed by atoms with E-state index in [0.29, 0.717) is 0 Å². The zero-order chi connectivity index (χ0) is 21.7. The molecular weight excluding hydrogens is 366 g/mol. The van der Waals surface area contributed by atoms with Crippen LogP contribution in [0, 0.1) is 10.8 Å². The van der Waals surface area contributed by atoms with E-state index in [1.807, 2.05) is 18.4 Å². The number of fused-ring (bicyclic) bond motifs is 3. The lowest BCUT2D eigenvalue weighted by Gasteiger charge is -2.31. The average Bonchev–Trinajstić information content (AvgIpc) is 2.99. The number of rotatable bonds is 1. The molecule has 0 amide bonds. The van der Waals surface area contributed by atoms with Crippen molar-refractivity contribution in [3.63, 3.8) is 0 Å². The van der Waals surface area contributed by atoms with Crippen LogP contribution in [-0.4, -0.2) is 11.5 Å². The molecule has 0 N–H and O–H groups in total. The highest BCUT2D eigenvalue weighted by atomic mass is 16.1. The highest BCUT2D eigenvalue weighted by molar-refractivity contribution is 6.24. The highest BCUT2D eigenvalue weighted by Crippen LogP contribution is 2.40. The van der Waals surface area contributed by atoms with Crippen molar-refractivity contribution in [3.05, 3.63) is 94.7 Å². The first-order chi connectivity index (χ1) is 14.1. The van der Waals surface area contributed by atoms with E-state index in [1.54, 1.807) is 0 Å². The smallest absolute Gasteiger partial charge is 0.186 e. The molecule has 0 saturated carbocycles. The number of hydrogen-bond donors (Lipinski definition) is 0. The van der Waals surface area contributed by atoms with Gasteiger partial charge in [-0.15, -0.1) is 0 Å². The minimum absolute atomic E-state index is 0.149. The molecule has 2 aromatic carbocycles.